The SMILES string of the molecule is C=C(CCC=Cc1ccccc1[N+](=O)[O-])C(=O)O. The number of carboxylic acids is 1. The van der Waals surface area contributed by atoms with Gasteiger partial charge in [0.1, 0.15) is 0 Å². The minimum atomic E-state index is -1.02. The van der Waals surface area contributed by atoms with Gasteiger partial charge >= 0.3 is 5.97 Å². The average molecular weight is 247 g/mol. The van der Waals surface area contributed by atoms with Gasteiger partial charge in [-0.15, -0.1) is 0 Å². The number of nitrogens with zero attached hydrogens (tertiary/aromatic N) is 1. The summed E-state index contributed by atoms with van der Waals surface area (Å²) in [6.07, 6.45) is 4.13. The van der Waals surface area contributed by atoms with Crippen molar-refractivity contribution in [3.8, 4) is 0 Å². The van der Waals surface area contributed by atoms with Crippen molar-refractivity contribution in [3.05, 3.63) is 58.2 Å². The Kier molecular flexibility index (Phi) is 4.80. The summed E-state index contributed by atoms with van der Waals surface area (Å²) in [6, 6.07) is 6.38. The quantitative estimate of drug-likeness (QED) is 0.476. The van der Waals surface area contributed by atoms with E-state index in [1.165, 1.54) is 6.07 Å². The van der Waals surface area contributed by atoms with Gasteiger partial charge in [-0.05, 0) is 18.9 Å². The molecule has 18 heavy (non-hydrogen) atoms. The second-order valence-electron chi connectivity index (χ2n) is 3.67. The molecule has 1 aromatic rings. The molecule has 0 bridgehead atoms. The lowest BCUT2D eigenvalue weighted by Gasteiger charge is -1.97. The number of rotatable bonds is 6. The fourth-order valence-electron chi connectivity index (χ4n) is 1.37. The van der Waals surface area contributed by atoms with Crippen LogP contribution in [-0.2, 0) is 4.79 Å². The summed E-state index contributed by atoms with van der Waals surface area (Å²) >= 11 is 0. The lowest BCUT2D eigenvalue weighted by Crippen LogP contribution is -1.97. The molecule has 1 rings (SSSR count). The van der Waals surface area contributed by atoms with Gasteiger partial charge in [0.05, 0.1) is 10.5 Å². The number of carboxylic acid groups (broad SMARTS) is 1. The molecule has 0 aliphatic rings. The van der Waals surface area contributed by atoms with E-state index in [2.05, 4.69) is 6.58 Å². The third kappa shape index (κ3) is 3.86. The number of hydrogen-bond acceptors (Lipinski definition) is 3. The summed E-state index contributed by atoms with van der Waals surface area (Å²) in [6.45, 7) is 3.40. The van der Waals surface area contributed by atoms with Gasteiger partial charge in [-0.3, -0.25) is 10.1 Å². The zero-order valence-electron chi connectivity index (χ0n) is 9.70. The van der Waals surface area contributed by atoms with Crippen LogP contribution in [0.25, 0.3) is 6.08 Å². The molecule has 1 N–H and O–H groups in total. The summed E-state index contributed by atoms with van der Waals surface area (Å²) < 4.78 is 0. The van der Waals surface area contributed by atoms with E-state index in [1.54, 1.807) is 30.4 Å². The minimum Gasteiger partial charge on any atom is -0.478 e. The van der Waals surface area contributed by atoms with Crippen molar-refractivity contribution in [1.29, 1.82) is 0 Å². The van der Waals surface area contributed by atoms with Crippen molar-refractivity contribution in [2.75, 3.05) is 0 Å². The molecule has 0 aliphatic heterocycles. The summed E-state index contributed by atoms with van der Waals surface area (Å²) in [4.78, 5) is 20.8. The van der Waals surface area contributed by atoms with Crippen molar-refractivity contribution >= 4 is 17.7 Å². The van der Waals surface area contributed by atoms with Crippen molar-refractivity contribution in [1.82, 2.24) is 0 Å². The molecular weight excluding hydrogens is 234 g/mol. The highest BCUT2D eigenvalue weighted by Gasteiger charge is 2.09. The van der Waals surface area contributed by atoms with E-state index in [-0.39, 0.29) is 11.3 Å². The standard InChI is InChI=1S/C13H13NO4/c1-10(13(15)16)6-2-3-7-11-8-4-5-9-12(11)14(17)18/h3-5,7-9H,1-2,6H2,(H,15,16). The summed E-state index contributed by atoms with van der Waals surface area (Å²) in [5, 5.41) is 19.3. The first-order valence-corrected chi connectivity index (χ1v) is 5.33. The number of carbonyl (C=O) groups is 1. The van der Waals surface area contributed by atoms with Gasteiger partial charge in [0.2, 0.25) is 0 Å². The van der Waals surface area contributed by atoms with Gasteiger partial charge in [0.25, 0.3) is 5.69 Å². The predicted octanol–water partition coefficient (Wildman–Crippen LogP) is 3.03. The van der Waals surface area contributed by atoms with Crippen LogP contribution >= 0.6 is 0 Å². The number of allylic oxidation sites excluding steroid dienone is 1. The van der Waals surface area contributed by atoms with E-state index >= 15 is 0 Å². The Morgan fingerprint density at radius 2 is 2.11 bits per heavy atom. The van der Waals surface area contributed by atoms with Gasteiger partial charge in [-0.1, -0.05) is 30.9 Å². The highest BCUT2D eigenvalue weighted by Crippen LogP contribution is 2.19. The van der Waals surface area contributed by atoms with Gasteiger partial charge in [-0.25, -0.2) is 4.79 Å². The van der Waals surface area contributed by atoms with E-state index in [1.807, 2.05) is 0 Å². The number of aliphatic carboxylic acids is 1. The zero-order chi connectivity index (χ0) is 13.5. The minimum absolute atomic E-state index is 0.0332. The fraction of sp³-hybridized carbons (Fsp3) is 0.154. The van der Waals surface area contributed by atoms with Gasteiger partial charge in [-0.2, -0.15) is 0 Å². The maximum atomic E-state index is 10.7. The van der Waals surface area contributed by atoms with Crippen molar-refractivity contribution in [2.45, 2.75) is 12.8 Å². The van der Waals surface area contributed by atoms with Crippen LogP contribution in [0.4, 0.5) is 5.69 Å². The van der Waals surface area contributed by atoms with Crippen LogP contribution in [0.2, 0.25) is 0 Å². The smallest absolute Gasteiger partial charge is 0.330 e. The maximum absolute atomic E-state index is 10.7. The molecule has 1 aromatic carbocycles. The van der Waals surface area contributed by atoms with E-state index in [9.17, 15) is 14.9 Å². The number of benzene rings is 1. The molecule has 0 saturated heterocycles. The molecule has 0 spiro atoms. The van der Waals surface area contributed by atoms with Gasteiger partial charge in [0.15, 0.2) is 0 Å². The molecule has 0 unspecified atom stereocenters. The average Bonchev–Trinajstić information content (AvgIpc) is 2.34. The largest absolute Gasteiger partial charge is 0.478 e. The molecule has 0 fully saturated rings. The third-order valence-electron chi connectivity index (χ3n) is 2.35. The van der Waals surface area contributed by atoms with Crippen LogP contribution in [0.5, 0.6) is 0 Å². The molecule has 94 valence electrons. The number of para-hydroxylation sites is 1. The van der Waals surface area contributed by atoms with Gasteiger partial charge < -0.3 is 5.11 Å². The van der Waals surface area contributed by atoms with Crippen LogP contribution in [0.1, 0.15) is 18.4 Å². The molecule has 5 nitrogen and oxygen atoms in total. The van der Waals surface area contributed by atoms with Crippen LogP contribution in [0.3, 0.4) is 0 Å². The normalized spacial score (nSPS) is 10.4. The molecule has 0 heterocycles. The monoisotopic (exact) mass is 247 g/mol. The second kappa shape index (κ2) is 6.34. The highest BCUT2D eigenvalue weighted by atomic mass is 16.6. The molecule has 0 atom stereocenters. The Balaban J connectivity index is 2.65. The molecule has 0 amide bonds. The van der Waals surface area contributed by atoms with E-state index < -0.39 is 10.9 Å². The Labute approximate surface area is 104 Å². The Morgan fingerprint density at radius 3 is 2.72 bits per heavy atom. The van der Waals surface area contributed by atoms with E-state index in [0.29, 0.717) is 18.4 Å². The first-order chi connectivity index (χ1) is 8.52. The lowest BCUT2D eigenvalue weighted by molar-refractivity contribution is -0.385. The van der Waals surface area contributed by atoms with E-state index in [0.717, 1.165) is 0 Å². The second-order valence-corrected chi connectivity index (χ2v) is 3.67. The van der Waals surface area contributed by atoms with Crippen LogP contribution in [0, 0.1) is 10.1 Å². The lowest BCUT2D eigenvalue weighted by atomic mass is 10.1. The first kappa shape index (κ1) is 13.6. The molecule has 5 heteroatoms. The third-order valence-corrected chi connectivity index (χ3v) is 2.35. The summed E-state index contributed by atoms with van der Waals surface area (Å²) in [5.41, 5.74) is 0.663. The number of nitro benzene ring substituents is 1. The molecule has 0 saturated carbocycles. The van der Waals surface area contributed by atoms with Crippen molar-refractivity contribution in [3.63, 3.8) is 0 Å². The van der Waals surface area contributed by atoms with Crippen molar-refractivity contribution < 1.29 is 14.8 Å². The van der Waals surface area contributed by atoms with Crippen molar-refractivity contribution in [2.24, 2.45) is 0 Å². The molecule has 0 radical (unpaired) electrons. The van der Waals surface area contributed by atoms with E-state index in [4.69, 9.17) is 5.11 Å². The molecular formula is C13H13NO4. The topological polar surface area (TPSA) is 80.4 Å². The fourth-order valence-corrected chi connectivity index (χ4v) is 1.37. The first-order valence-electron chi connectivity index (χ1n) is 5.33. The van der Waals surface area contributed by atoms with Crippen LogP contribution < -0.4 is 0 Å². The summed E-state index contributed by atoms with van der Waals surface area (Å²) in [5.74, 6) is -1.02. The number of hydrogen-bond donors (Lipinski definition) is 1. The zero-order valence-corrected chi connectivity index (χ0v) is 9.70. The summed E-state index contributed by atoms with van der Waals surface area (Å²) in [7, 11) is 0. The van der Waals surface area contributed by atoms with Crippen LogP contribution in [-0.4, -0.2) is 16.0 Å². The van der Waals surface area contributed by atoms with Gasteiger partial charge in [0, 0.05) is 11.6 Å². The predicted molar refractivity (Wildman–Crippen MR) is 68.1 cm³/mol. The Morgan fingerprint density at radius 1 is 1.44 bits per heavy atom. The number of nitro groups is 1. The van der Waals surface area contributed by atoms with Crippen LogP contribution in [0.15, 0.2) is 42.5 Å². The molecule has 0 aromatic heterocycles. The Bertz CT molecular complexity index is 505. The highest BCUT2D eigenvalue weighted by molar-refractivity contribution is 5.85. The Hall–Kier alpha value is -2.43. The molecule has 0 aliphatic carbocycles. The maximum Gasteiger partial charge on any atom is 0.330 e.